The molecule has 0 aliphatic carbocycles. The predicted molar refractivity (Wildman–Crippen MR) is 80.8 cm³/mol. The van der Waals surface area contributed by atoms with E-state index in [1.54, 1.807) is 0 Å². The number of hydrogen-bond acceptors (Lipinski definition) is 2. The highest BCUT2D eigenvalue weighted by molar-refractivity contribution is 9.10. The molecule has 0 radical (unpaired) electrons. The van der Waals surface area contributed by atoms with Gasteiger partial charge in [0, 0.05) is 16.6 Å². The van der Waals surface area contributed by atoms with Crippen molar-refractivity contribution in [3.05, 3.63) is 34.3 Å². The van der Waals surface area contributed by atoms with Crippen molar-refractivity contribution in [3.63, 3.8) is 0 Å². The Morgan fingerprint density at radius 2 is 1.94 bits per heavy atom. The zero-order valence-electron chi connectivity index (χ0n) is 10.3. The van der Waals surface area contributed by atoms with E-state index in [9.17, 15) is 0 Å². The number of halogens is 1. The topological polar surface area (TPSA) is 12.0 Å². The van der Waals surface area contributed by atoms with Crippen LogP contribution in [0.5, 0.6) is 0 Å². The van der Waals surface area contributed by atoms with Gasteiger partial charge in [0.2, 0.25) is 0 Å². The van der Waals surface area contributed by atoms with E-state index >= 15 is 0 Å². The van der Waals surface area contributed by atoms with Crippen LogP contribution in [-0.2, 0) is 6.42 Å². The molecule has 1 heterocycles. The highest BCUT2D eigenvalue weighted by Crippen LogP contribution is 2.18. The van der Waals surface area contributed by atoms with Gasteiger partial charge in [0.05, 0.1) is 0 Å². The van der Waals surface area contributed by atoms with Crippen LogP contribution in [0.1, 0.15) is 25.3 Å². The van der Waals surface area contributed by atoms with Crippen molar-refractivity contribution in [2.45, 2.75) is 38.3 Å². The fourth-order valence-electron chi connectivity index (χ4n) is 2.30. The summed E-state index contributed by atoms with van der Waals surface area (Å²) in [7, 11) is 0. The largest absolute Gasteiger partial charge is 0.311 e. The molecule has 1 N–H and O–H groups in total. The van der Waals surface area contributed by atoms with Gasteiger partial charge < -0.3 is 5.32 Å². The van der Waals surface area contributed by atoms with Gasteiger partial charge >= 0.3 is 0 Å². The third-order valence-corrected chi connectivity index (χ3v) is 4.77. The molecule has 1 nitrogen and oxygen atoms in total. The second-order valence-electron chi connectivity index (χ2n) is 4.78. The maximum Gasteiger partial charge on any atom is 0.0175 e. The van der Waals surface area contributed by atoms with Gasteiger partial charge in [-0.15, -0.1) is 0 Å². The molecule has 0 saturated carbocycles. The summed E-state index contributed by atoms with van der Waals surface area (Å²) in [5.74, 6) is 2.64. The lowest BCUT2D eigenvalue weighted by Crippen LogP contribution is -2.39. The molecule has 1 atom stereocenters. The Morgan fingerprint density at radius 1 is 1.29 bits per heavy atom. The summed E-state index contributed by atoms with van der Waals surface area (Å²) in [5, 5.41) is 3.76. The molecule has 1 unspecified atom stereocenters. The fourth-order valence-corrected chi connectivity index (χ4v) is 3.67. The van der Waals surface area contributed by atoms with Crippen molar-refractivity contribution in [3.8, 4) is 0 Å². The Kier molecular flexibility index (Phi) is 5.39. The van der Waals surface area contributed by atoms with Gasteiger partial charge in [-0.1, -0.05) is 28.1 Å². The average molecular weight is 314 g/mol. The number of thioether (sulfide) groups is 1. The van der Waals surface area contributed by atoms with Gasteiger partial charge in [0.15, 0.2) is 0 Å². The van der Waals surface area contributed by atoms with E-state index in [0.29, 0.717) is 6.04 Å². The maximum atomic E-state index is 3.76. The third-order valence-electron chi connectivity index (χ3n) is 3.20. The summed E-state index contributed by atoms with van der Waals surface area (Å²) in [5.41, 5.74) is 1.42. The highest BCUT2D eigenvalue weighted by Gasteiger charge is 2.15. The molecule has 1 aliphatic heterocycles. The van der Waals surface area contributed by atoms with E-state index in [1.165, 1.54) is 29.9 Å². The standard InChI is InChI=1S/C14H20BrNS/c1-11(16-14-6-8-17-9-7-14)10-12-2-4-13(15)5-3-12/h2-5,11,14,16H,6-10H2,1H3. The van der Waals surface area contributed by atoms with E-state index in [0.717, 1.165) is 16.9 Å². The number of hydrogen-bond donors (Lipinski definition) is 1. The van der Waals surface area contributed by atoms with E-state index in [1.807, 2.05) is 0 Å². The van der Waals surface area contributed by atoms with Crippen molar-refractivity contribution in [1.29, 1.82) is 0 Å². The molecule has 1 saturated heterocycles. The molecule has 94 valence electrons. The molecular weight excluding hydrogens is 294 g/mol. The lowest BCUT2D eigenvalue weighted by atomic mass is 10.0. The van der Waals surface area contributed by atoms with E-state index < -0.39 is 0 Å². The van der Waals surface area contributed by atoms with Crippen LogP contribution in [0.3, 0.4) is 0 Å². The number of nitrogens with one attached hydrogen (secondary N) is 1. The van der Waals surface area contributed by atoms with Crippen molar-refractivity contribution in [2.75, 3.05) is 11.5 Å². The van der Waals surface area contributed by atoms with Gasteiger partial charge in [-0.05, 0) is 55.4 Å². The Labute approximate surface area is 117 Å². The molecule has 1 aromatic carbocycles. The lowest BCUT2D eigenvalue weighted by Gasteiger charge is -2.26. The van der Waals surface area contributed by atoms with Crippen molar-refractivity contribution in [2.24, 2.45) is 0 Å². The first-order chi connectivity index (χ1) is 8.24. The minimum atomic E-state index is 0.573. The number of rotatable bonds is 4. The molecule has 17 heavy (non-hydrogen) atoms. The van der Waals surface area contributed by atoms with Crippen LogP contribution in [0.25, 0.3) is 0 Å². The summed E-state index contributed by atoms with van der Waals surface area (Å²) in [6.45, 7) is 2.30. The summed E-state index contributed by atoms with van der Waals surface area (Å²) in [6, 6.07) is 9.97. The van der Waals surface area contributed by atoms with Crippen molar-refractivity contribution >= 4 is 27.7 Å². The molecule has 0 spiro atoms. The van der Waals surface area contributed by atoms with Gasteiger partial charge in [0.1, 0.15) is 0 Å². The second-order valence-corrected chi connectivity index (χ2v) is 6.93. The molecule has 1 aliphatic rings. The van der Waals surface area contributed by atoms with Crippen LogP contribution < -0.4 is 5.32 Å². The monoisotopic (exact) mass is 313 g/mol. The Bertz CT molecular complexity index is 333. The van der Waals surface area contributed by atoms with Gasteiger partial charge in [-0.3, -0.25) is 0 Å². The SMILES string of the molecule is CC(Cc1ccc(Br)cc1)NC1CCSCC1. The smallest absolute Gasteiger partial charge is 0.0175 e. The normalized spacial score (nSPS) is 19.2. The molecule has 0 amide bonds. The van der Waals surface area contributed by atoms with E-state index in [4.69, 9.17) is 0 Å². The first-order valence-corrected chi connectivity index (χ1v) is 8.27. The van der Waals surface area contributed by atoms with Crippen LogP contribution in [0.15, 0.2) is 28.7 Å². The van der Waals surface area contributed by atoms with Crippen LogP contribution in [0.4, 0.5) is 0 Å². The summed E-state index contributed by atoms with van der Waals surface area (Å²) in [4.78, 5) is 0. The van der Waals surface area contributed by atoms with E-state index in [2.05, 4.69) is 64.2 Å². The van der Waals surface area contributed by atoms with Gasteiger partial charge in [0.25, 0.3) is 0 Å². The van der Waals surface area contributed by atoms with Crippen molar-refractivity contribution < 1.29 is 0 Å². The van der Waals surface area contributed by atoms with Gasteiger partial charge in [-0.25, -0.2) is 0 Å². The predicted octanol–water partition coefficient (Wildman–Crippen LogP) is 3.87. The van der Waals surface area contributed by atoms with Crippen molar-refractivity contribution in [1.82, 2.24) is 5.32 Å². The van der Waals surface area contributed by atoms with Crippen LogP contribution in [-0.4, -0.2) is 23.6 Å². The molecule has 2 rings (SSSR count). The zero-order chi connectivity index (χ0) is 12.1. The molecular formula is C14H20BrNS. The number of benzene rings is 1. The average Bonchev–Trinajstić information content (AvgIpc) is 2.33. The lowest BCUT2D eigenvalue weighted by molar-refractivity contribution is 0.421. The Morgan fingerprint density at radius 3 is 2.59 bits per heavy atom. The zero-order valence-corrected chi connectivity index (χ0v) is 12.7. The first kappa shape index (κ1) is 13.4. The Hall–Kier alpha value is 0.01000. The summed E-state index contributed by atoms with van der Waals surface area (Å²) >= 11 is 5.56. The molecule has 0 aromatic heterocycles. The third kappa shape index (κ3) is 4.65. The summed E-state index contributed by atoms with van der Waals surface area (Å²) in [6.07, 6.45) is 3.78. The minimum Gasteiger partial charge on any atom is -0.311 e. The van der Waals surface area contributed by atoms with E-state index in [-0.39, 0.29) is 0 Å². The summed E-state index contributed by atoms with van der Waals surface area (Å²) < 4.78 is 1.16. The molecule has 0 bridgehead atoms. The maximum absolute atomic E-state index is 3.76. The Balaban J connectivity index is 1.79. The quantitative estimate of drug-likeness (QED) is 0.905. The molecule has 1 aromatic rings. The minimum absolute atomic E-state index is 0.573. The van der Waals surface area contributed by atoms with Crippen LogP contribution in [0.2, 0.25) is 0 Å². The second kappa shape index (κ2) is 6.81. The van der Waals surface area contributed by atoms with Crippen LogP contribution in [0, 0.1) is 0 Å². The highest BCUT2D eigenvalue weighted by atomic mass is 79.9. The first-order valence-electron chi connectivity index (χ1n) is 6.32. The van der Waals surface area contributed by atoms with Crippen LogP contribution >= 0.6 is 27.7 Å². The molecule has 1 fully saturated rings. The molecule has 3 heteroatoms. The fraction of sp³-hybridized carbons (Fsp3) is 0.571. The van der Waals surface area contributed by atoms with Gasteiger partial charge in [-0.2, -0.15) is 11.8 Å².